The third-order valence-corrected chi connectivity index (χ3v) is 4.85. The average Bonchev–Trinajstić information content (AvgIpc) is 2.83. The highest BCUT2D eigenvalue weighted by atomic mass is 127. The summed E-state index contributed by atoms with van der Waals surface area (Å²) in [6, 6.07) is 36.3. The maximum atomic E-state index is 5.10. The summed E-state index contributed by atoms with van der Waals surface area (Å²) in [6.07, 6.45) is 5.10. The topological polar surface area (TPSA) is 0 Å². The third-order valence-electron chi connectivity index (χ3n) is 4.13. The molecule has 0 radical (unpaired) electrons. The van der Waals surface area contributed by atoms with E-state index in [1.54, 1.807) is 0 Å². The van der Waals surface area contributed by atoms with Crippen LogP contribution in [0.15, 0.2) is 109 Å². The van der Waals surface area contributed by atoms with Gasteiger partial charge in [0.05, 0.1) is 0 Å². The quantitative estimate of drug-likeness (QED) is 0.168. The van der Waals surface area contributed by atoms with Gasteiger partial charge in [-0.15, -0.1) is 6.42 Å². The molecule has 4 aromatic carbocycles. The molecule has 0 amide bonds. The molecule has 0 aliphatic carbocycles. The highest BCUT2D eigenvalue weighted by Gasteiger charge is 1.86. The first-order valence-corrected chi connectivity index (χ1v) is 11.0. The standard InChI is InChI=1S/C15H12.C8H6.C7H7I/c1-13-7-9-15(10-8-13)12-11-14-5-3-2-4-6-14;1-2-8-6-4-3-5-7-8;1-6-2-4-7(8)5-3-6/h2-10H,1H3;1,3-7H;2-5H,1H3. The molecule has 0 spiro atoms. The molecule has 1 heteroatoms. The molecule has 0 aliphatic heterocycles. The lowest BCUT2D eigenvalue weighted by atomic mass is 10.1. The Morgan fingerprint density at radius 3 is 1.29 bits per heavy atom. The maximum absolute atomic E-state index is 5.10. The highest BCUT2D eigenvalue weighted by molar-refractivity contribution is 14.1. The number of terminal acetylenes is 1. The summed E-state index contributed by atoms with van der Waals surface area (Å²) in [5.74, 6) is 8.80. The summed E-state index contributed by atoms with van der Waals surface area (Å²) in [5.41, 5.74) is 5.64. The molecule has 0 heterocycles. The first-order valence-electron chi connectivity index (χ1n) is 9.94. The van der Waals surface area contributed by atoms with Crippen molar-refractivity contribution in [3.63, 3.8) is 0 Å². The van der Waals surface area contributed by atoms with Gasteiger partial charge in [-0.2, -0.15) is 0 Å². The van der Waals surface area contributed by atoms with Crippen molar-refractivity contribution in [1.29, 1.82) is 0 Å². The minimum absolute atomic E-state index is 0.938. The maximum Gasteiger partial charge on any atom is 0.0249 e. The Morgan fingerprint density at radius 1 is 0.516 bits per heavy atom. The van der Waals surface area contributed by atoms with Crippen LogP contribution < -0.4 is 0 Å². The lowest BCUT2D eigenvalue weighted by Crippen LogP contribution is -1.76. The van der Waals surface area contributed by atoms with E-state index in [1.165, 1.54) is 14.7 Å². The smallest absolute Gasteiger partial charge is 0.0249 e. The monoisotopic (exact) mass is 512 g/mol. The fourth-order valence-corrected chi connectivity index (χ4v) is 2.73. The second-order valence-electron chi connectivity index (χ2n) is 6.79. The van der Waals surface area contributed by atoms with E-state index in [0.29, 0.717) is 0 Å². The van der Waals surface area contributed by atoms with Crippen LogP contribution in [0.25, 0.3) is 0 Å². The first kappa shape index (κ1) is 24.0. The van der Waals surface area contributed by atoms with Gasteiger partial charge >= 0.3 is 0 Å². The van der Waals surface area contributed by atoms with Crippen molar-refractivity contribution in [1.82, 2.24) is 0 Å². The van der Waals surface area contributed by atoms with Gasteiger partial charge in [0, 0.05) is 20.3 Å². The molecule has 0 aromatic heterocycles. The lowest BCUT2D eigenvalue weighted by Gasteiger charge is -1.91. The molecule has 0 fully saturated rings. The van der Waals surface area contributed by atoms with Gasteiger partial charge in [0.25, 0.3) is 0 Å². The van der Waals surface area contributed by atoms with Crippen LogP contribution in [0.2, 0.25) is 0 Å². The SMILES string of the molecule is C#Cc1ccccc1.Cc1ccc(C#Cc2ccccc2)cc1.Cc1ccc(I)cc1. The molecule has 0 saturated carbocycles. The van der Waals surface area contributed by atoms with E-state index in [9.17, 15) is 0 Å². The molecule has 4 rings (SSSR count). The van der Waals surface area contributed by atoms with E-state index in [1.807, 2.05) is 72.8 Å². The van der Waals surface area contributed by atoms with Gasteiger partial charge in [-0.3, -0.25) is 0 Å². The molecule has 0 nitrogen and oxygen atoms in total. The lowest BCUT2D eigenvalue weighted by molar-refractivity contribution is 1.46. The Bertz CT molecular complexity index is 1100. The molecular weight excluding hydrogens is 487 g/mol. The third kappa shape index (κ3) is 10.4. The van der Waals surface area contributed by atoms with Gasteiger partial charge < -0.3 is 0 Å². The Balaban J connectivity index is 0.000000181. The Labute approximate surface area is 200 Å². The molecule has 0 N–H and O–H groups in total. The van der Waals surface area contributed by atoms with E-state index in [4.69, 9.17) is 6.42 Å². The molecule has 0 atom stereocenters. The number of hydrogen-bond acceptors (Lipinski definition) is 0. The van der Waals surface area contributed by atoms with Gasteiger partial charge in [-0.1, -0.05) is 89.6 Å². The van der Waals surface area contributed by atoms with Gasteiger partial charge in [-0.25, -0.2) is 0 Å². The van der Waals surface area contributed by atoms with E-state index in [2.05, 4.69) is 90.6 Å². The predicted molar refractivity (Wildman–Crippen MR) is 142 cm³/mol. The Morgan fingerprint density at radius 2 is 0.903 bits per heavy atom. The molecule has 4 aromatic rings. The molecule has 0 bridgehead atoms. The molecule has 0 unspecified atom stereocenters. The molecule has 152 valence electrons. The summed E-state index contributed by atoms with van der Waals surface area (Å²) in [6.45, 7) is 4.17. The van der Waals surface area contributed by atoms with Crippen molar-refractivity contribution in [2.45, 2.75) is 13.8 Å². The van der Waals surface area contributed by atoms with Crippen molar-refractivity contribution in [2.75, 3.05) is 0 Å². The minimum atomic E-state index is 0.938. The largest absolute Gasteiger partial charge is 0.115 e. The molecule has 0 aliphatic rings. The van der Waals surface area contributed by atoms with Crippen LogP contribution in [0.1, 0.15) is 27.8 Å². The Kier molecular flexibility index (Phi) is 10.7. The van der Waals surface area contributed by atoms with Crippen molar-refractivity contribution >= 4 is 22.6 Å². The minimum Gasteiger partial charge on any atom is -0.115 e. The second kappa shape index (κ2) is 13.9. The van der Waals surface area contributed by atoms with E-state index in [-0.39, 0.29) is 0 Å². The van der Waals surface area contributed by atoms with Gasteiger partial charge in [0.2, 0.25) is 0 Å². The normalized spacial score (nSPS) is 8.84. The van der Waals surface area contributed by atoms with Gasteiger partial charge in [0.1, 0.15) is 0 Å². The summed E-state index contributed by atoms with van der Waals surface area (Å²) in [7, 11) is 0. The summed E-state index contributed by atoms with van der Waals surface area (Å²) in [4.78, 5) is 0. The summed E-state index contributed by atoms with van der Waals surface area (Å²) in [5, 5.41) is 0. The van der Waals surface area contributed by atoms with Crippen LogP contribution in [0.5, 0.6) is 0 Å². The van der Waals surface area contributed by atoms with E-state index in [0.717, 1.165) is 16.7 Å². The summed E-state index contributed by atoms with van der Waals surface area (Å²) >= 11 is 2.30. The van der Waals surface area contributed by atoms with Gasteiger partial charge in [-0.05, 0) is 85.0 Å². The number of rotatable bonds is 0. The second-order valence-corrected chi connectivity index (χ2v) is 8.03. The summed E-state index contributed by atoms with van der Waals surface area (Å²) < 4.78 is 1.30. The fourth-order valence-electron chi connectivity index (χ4n) is 2.37. The zero-order chi connectivity index (χ0) is 22.3. The van der Waals surface area contributed by atoms with E-state index >= 15 is 0 Å². The van der Waals surface area contributed by atoms with Crippen LogP contribution >= 0.6 is 22.6 Å². The number of hydrogen-bond donors (Lipinski definition) is 0. The zero-order valence-electron chi connectivity index (χ0n) is 17.8. The van der Waals surface area contributed by atoms with Crippen LogP contribution in [0.3, 0.4) is 0 Å². The molecule has 0 saturated heterocycles. The van der Waals surface area contributed by atoms with Crippen molar-refractivity contribution in [3.05, 3.63) is 141 Å². The molecular formula is C30H25I. The molecule has 31 heavy (non-hydrogen) atoms. The number of benzene rings is 4. The Hall–Kier alpha value is -3.27. The number of halogens is 1. The van der Waals surface area contributed by atoms with Crippen LogP contribution in [0.4, 0.5) is 0 Å². The zero-order valence-corrected chi connectivity index (χ0v) is 20.0. The van der Waals surface area contributed by atoms with Crippen molar-refractivity contribution in [3.8, 4) is 24.2 Å². The van der Waals surface area contributed by atoms with Crippen molar-refractivity contribution in [2.24, 2.45) is 0 Å². The van der Waals surface area contributed by atoms with Crippen LogP contribution in [0, 0.1) is 41.6 Å². The van der Waals surface area contributed by atoms with Gasteiger partial charge in [0.15, 0.2) is 0 Å². The fraction of sp³-hybridized carbons (Fsp3) is 0.0667. The predicted octanol–water partition coefficient (Wildman–Crippen LogP) is 7.66. The van der Waals surface area contributed by atoms with Crippen molar-refractivity contribution < 1.29 is 0 Å². The highest BCUT2D eigenvalue weighted by Crippen LogP contribution is 2.04. The number of aryl methyl sites for hydroxylation is 2. The average molecular weight is 512 g/mol. The van der Waals surface area contributed by atoms with Crippen LogP contribution in [-0.4, -0.2) is 0 Å². The van der Waals surface area contributed by atoms with Crippen LogP contribution in [-0.2, 0) is 0 Å². The van der Waals surface area contributed by atoms with E-state index < -0.39 is 0 Å². The first-order chi connectivity index (χ1) is 15.1.